The van der Waals surface area contributed by atoms with Crippen LogP contribution in [0.4, 0.5) is 11.4 Å². The lowest BCUT2D eigenvalue weighted by Gasteiger charge is -2.41. The van der Waals surface area contributed by atoms with Gasteiger partial charge in [-0.25, -0.2) is 0 Å². The van der Waals surface area contributed by atoms with Crippen LogP contribution in [-0.4, -0.2) is 26.0 Å². The van der Waals surface area contributed by atoms with Crippen molar-refractivity contribution in [1.29, 1.82) is 5.26 Å². The van der Waals surface area contributed by atoms with E-state index in [0.29, 0.717) is 22.5 Å². The van der Waals surface area contributed by atoms with Gasteiger partial charge in [-0.2, -0.15) is 5.26 Å². The Labute approximate surface area is 183 Å². The molecular formula is C22H19N4O5P. The van der Waals surface area contributed by atoms with Crippen molar-refractivity contribution >= 4 is 30.8 Å². The molecule has 9 nitrogen and oxygen atoms in total. The first-order valence-electron chi connectivity index (χ1n) is 9.78. The van der Waals surface area contributed by atoms with Gasteiger partial charge in [-0.15, -0.1) is 0 Å². The summed E-state index contributed by atoms with van der Waals surface area (Å²) in [5.74, 6) is -2.53. The number of amides is 2. The van der Waals surface area contributed by atoms with E-state index in [1.54, 1.807) is 48.5 Å². The second-order valence-corrected chi connectivity index (χ2v) is 9.96. The Morgan fingerprint density at radius 3 is 2.09 bits per heavy atom. The molecule has 0 saturated heterocycles. The average Bonchev–Trinajstić information content (AvgIpc) is 3.35. The summed E-state index contributed by atoms with van der Waals surface area (Å²) in [4.78, 5) is 27.8. The van der Waals surface area contributed by atoms with Gasteiger partial charge in [0, 0.05) is 31.3 Å². The molecule has 0 bridgehead atoms. The quantitative estimate of drug-likeness (QED) is 0.610. The molecule has 2 aliphatic heterocycles. The normalized spacial score (nSPS) is 28.0. The Hall–Kier alpha value is -3.44. The SMILES string of the molecule is COP(=O)(OC)C1=C(N)[C@H](C#N)[C@@]2(C(=O)Nc3ccccc32)[C@@]12C(=O)Nc1ccccc12. The van der Waals surface area contributed by atoms with Crippen LogP contribution in [-0.2, 0) is 34.0 Å². The predicted molar refractivity (Wildman–Crippen MR) is 115 cm³/mol. The minimum Gasteiger partial charge on any atom is -0.400 e. The second kappa shape index (κ2) is 6.53. The number of nitrogens with zero attached hydrogens (tertiary/aromatic N) is 1. The van der Waals surface area contributed by atoms with Crippen molar-refractivity contribution in [2.45, 2.75) is 10.8 Å². The van der Waals surface area contributed by atoms with Crippen LogP contribution in [0.3, 0.4) is 0 Å². The van der Waals surface area contributed by atoms with E-state index in [1.807, 2.05) is 0 Å². The van der Waals surface area contributed by atoms with Crippen molar-refractivity contribution in [3.63, 3.8) is 0 Å². The zero-order valence-electron chi connectivity index (χ0n) is 17.2. The monoisotopic (exact) mass is 450 g/mol. The molecule has 0 fully saturated rings. The number of benzene rings is 2. The third kappa shape index (κ3) is 1.98. The fourth-order valence-electron chi connectivity index (χ4n) is 5.60. The van der Waals surface area contributed by atoms with Crippen molar-refractivity contribution in [3.05, 3.63) is 70.7 Å². The lowest BCUT2D eigenvalue weighted by atomic mass is 9.56. The van der Waals surface area contributed by atoms with Gasteiger partial charge in [-0.1, -0.05) is 36.4 Å². The molecule has 3 aliphatic rings. The van der Waals surface area contributed by atoms with Gasteiger partial charge in [-0.3, -0.25) is 14.2 Å². The Morgan fingerprint density at radius 1 is 0.969 bits per heavy atom. The molecule has 2 aromatic rings. The van der Waals surface area contributed by atoms with E-state index in [2.05, 4.69) is 16.7 Å². The second-order valence-electron chi connectivity index (χ2n) is 7.79. The highest BCUT2D eigenvalue weighted by atomic mass is 31.2. The van der Waals surface area contributed by atoms with Gasteiger partial charge in [0.1, 0.15) is 16.7 Å². The summed E-state index contributed by atoms with van der Waals surface area (Å²) in [5, 5.41) is 15.7. The molecule has 0 radical (unpaired) electrons. The van der Waals surface area contributed by atoms with E-state index in [4.69, 9.17) is 14.8 Å². The number of anilines is 2. The maximum atomic E-state index is 13.9. The number of allylic oxidation sites excluding steroid dienone is 1. The van der Waals surface area contributed by atoms with Crippen LogP contribution in [0.2, 0.25) is 0 Å². The zero-order chi connectivity index (χ0) is 22.9. The summed E-state index contributed by atoms with van der Waals surface area (Å²) < 4.78 is 24.5. The molecule has 2 spiro atoms. The molecule has 4 N–H and O–H groups in total. The first-order chi connectivity index (χ1) is 15.3. The third-order valence-corrected chi connectivity index (χ3v) is 8.83. The van der Waals surface area contributed by atoms with Crippen LogP contribution in [0.15, 0.2) is 59.5 Å². The van der Waals surface area contributed by atoms with E-state index in [0.717, 1.165) is 0 Å². The Kier molecular flexibility index (Phi) is 4.18. The van der Waals surface area contributed by atoms with Gasteiger partial charge < -0.3 is 25.4 Å². The van der Waals surface area contributed by atoms with Crippen LogP contribution in [0.25, 0.3) is 0 Å². The molecular weight excluding hydrogens is 431 g/mol. The standard InChI is InChI=1S/C22H19N4O5P/c1-30-32(29,31-2)18-17(24)14(11-23)21(12-7-3-5-9-15(12)25-19(21)27)22(18)13-8-4-6-10-16(13)26-20(22)28/h3-10,14H,24H2,1-2H3,(H,25,27)(H,26,28)/t14-,21-,22+/m0/s1. The van der Waals surface area contributed by atoms with Crippen molar-refractivity contribution < 1.29 is 23.2 Å². The molecule has 1 aliphatic carbocycles. The van der Waals surface area contributed by atoms with Crippen molar-refractivity contribution in [2.24, 2.45) is 11.7 Å². The number of nitrogens with two attached hydrogens (primary N) is 1. The molecule has 32 heavy (non-hydrogen) atoms. The molecule has 10 heteroatoms. The summed E-state index contributed by atoms with van der Waals surface area (Å²) in [6, 6.07) is 15.7. The Balaban J connectivity index is 2.03. The van der Waals surface area contributed by atoms with E-state index in [9.17, 15) is 19.4 Å². The maximum absolute atomic E-state index is 13.9. The van der Waals surface area contributed by atoms with Crippen LogP contribution >= 0.6 is 7.60 Å². The maximum Gasteiger partial charge on any atom is 0.360 e. The van der Waals surface area contributed by atoms with E-state index >= 15 is 0 Å². The molecule has 0 saturated carbocycles. The molecule has 162 valence electrons. The fourth-order valence-corrected chi connectivity index (χ4v) is 7.37. The highest BCUT2D eigenvalue weighted by Gasteiger charge is 2.79. The third-order valence-electron chi connectivity index (χ3n) is 6.73. The highest BCUT2D eigenvalue weighted by molar-refractivity contribution is 7.58. The molecule has 2 aromatic carbocycles. The summed E-state index contributed by atoms with van der Waals surface area (Å²) >= 11 is 0. The van der Waals surface area contributed by atoms with Gasteiger partial charge in [0.2, 0.25) is 11.8 Å². The smallest absolute Gasteiger partial charge is 0.360 e. The Morgan fingerprint density at radius 2 is 1.50 bits per heavy atom. The number of nitrogens with one attached hydrogen (secondary N) is 2. The van der Waals surface area contributed by atoms with Crippen LogP contribution in [0.1, 0.15) is 11.1 Å². The van der Waals surface area contributed by atoms with Crippen LogP contribution in [0, 0.1) is 17.2 Å². The number of hydrogen-bond acceptors (Lipinski definition) is 7. The largest absolute Gasteiger partial charge is 0.400 e. The molecule has 0 aromatic heterocycles. The number of hydrogen-bond donors (Lipinski definition) is 3. The van der Waals surface area contributed by atoms with Crippen LogP contribution in [0.5, 0.6) is 0 Å². The fraction of sp³-hybridized carbons (Fsp3) is 0.227. The molecule has 2 amide bonds. The van der Waals surface area contributed by atoms with Crippen molar-refractivity contribution in [2.75, 3.05) is 24.9 Å². The number of carbonyl (C=O) groups is 2. The first-order valence-corrected chi connectivity index (χ1v) is 11.3. The van der Waals surface area contributed by atoms with E-state index in [-0.39, 0.29) is 11.0 Å². The summed E-state index contributed by atoms with van der Waals surface area (Å²) in [6.07, 6.45) is 0. The number of carbonyl (C=O) groups excluding carboxylic acids is 2. The number of rotatable bonds is 3. The van der Waals surface area contributed by atoms with Gasteiger partial charge in [-0.05, 0) is 23.3 Å². The lowest BCUT2D eigenvalue weighted by molar-refractivity contribution is -0.130. The van der Waals surface area contributed by atoms with Gasteiger partial charge >= 0.3 is 7.60 Å². The van der Waals surface area contributed by atoms with E-state index in [1.165, 1.54) is 14.2 Å². The van der Waals surface area contributed by atoms with Gasteiger partial charge in [0.25, 0.3) is 0 Å². The molecule has 5 rings (SSSR count). The average molecular weight is 450 g/mol. The molecule has 3 atom stereocenters. The predicted octanol–water partition coefficient (Wildman–Crippen LogP) is 2.58. The molecule has 2 heterocycles. The summed E-state index contributed by atoms with van der Waals surface area (Å²) in [7, 11) is -1.85. The van der Waals surface area contributed by atoms with Crippen molar-refractivity contribution in [3.8, 4) is 6.07 Å². The summed E-state index contributed by atoms with van der Waals surface area (Å²) in [6.45, 7) is 0. The zero-order valence-corrected chi connectivity index (χ0v) is 18.1. The topological polar surface area (TPSA) is 144 Å². The minimum absolute atomic E-state index is 0.168. The number of para-hydroxylation sites is 2. The minimum atomic E-state index is -4.20. The van der Waals surface area contributed by atoms with Gasteiger partial charge in [0.15, 0.2) is 0 Å². The summed E-state index contributed by atoms with van der Waals surface area (Å²) in [5.41, 5.74) is 4.25. The van der Waals surface area contributed by atoms with Crippen molar-refractivity contribution in [1.82, 2.24) is 0 Å². The van der Waals surface area contributed by atoms with E-state index < -0.39 is 36.2 Å². The Bertz CT molecular complexity index is 1320. The first kappa shape index (κ1) is 20.5. The number of nitriles is 1. The highest BCUT2D eigenvalue weighted by Crippen LogP contribution is 2.75. The lowest BCUT2D eigenvalue weighted by Crippen LogP contribution is -2.58. The number of fused-ring (bicyclic) bond motifs is 5. The van der Waals surface area contributed by atoms with Gasteiger partial charge in [0.05, 0.1) is 11.4 Å². The van der Waals surface area contributed by atoms with Crippen LogP contribution < -0.4 is 16.4 Å². The molecule has 0 unspecified atom stereocenters.